The van der Waals surface area contributed by atoms with Crippen LogP contribution in [0.25, 0.3) is 0 Å². The highest BCUT2D eigenvalue weighted by molar-refractivity contribution is 7.88. The van der Waals surface area contributed by atoms with Crippen molar-refractivity contribution in [1.29, 1.82) is 0 Å². The quantitative estimate of drug-likeness (QED) is 0.780. The number of ether oxygens (including phenoxy) is 1. The Balaban J connectivity index is 2.33. The molecule has 6 nitrogen and oxygen atoms in total. The number of hydrogen-bond acceptors (Lipinski definition) is 4. The monoisotopic (exact) mass is 383 g/mol. The molecule has 0 aromatic heterocycles. The third-order valence-electron chi connectivity index (χ3n) is 4.81. The molecule has 2 rings (SSSR count). The molecule has 146 valence electrons. The van der Waals surface area contributed by atoms with Gasteiger partial charge in [0.1, 0.15) is 11.4 Å². The summed E-state index contributed by atoms with van der Waals surface area (Å²) >= 11 is 0. The van der Waals surface area contributed by atoms with Gasteiger partial charge in [0, 0.05) is 18.5 Å². The number of carboxylic acids is 1. The summed E-state index contributed by atoms with van der Waals surface area (Å²) in [6.07, 6.45) is 2.70. The zero-order valence-corrected chi connectivity index (χ0v) is 17.0. The van der Waals surface area contributed by atoms with Crippen LogP contribution >= 0.6 is 0 Å². The van der Waals surface area contributed by atoms with Gasteiger partial charge >= 0.3 is 5.97 Å². The summed E-state index contributed by atoms with van der Waals surface area (Å²) < 4.78 is 32.6. The Kier molecular flexibility index (Phi) is 6.02. The summed E-state index contributed by atoms with van der Waals surface area (Å²) in [7, 11) is -3.46. The molecule has 1 aliphatic heterocycles. The number of nitrogens with zero attached hydrogens (tertiary/aromatic N) is 1. The lowest BCUT2D eigenvalue weighted by atomic mass is 9.88. The van der Waals surface area contributed by atoms with E-state index in [-0.39, 0.29) is 6.04 Å². The minimum Gasteiger partial charge on any atom is -0.487 e. The van der Waals surface area contributed by atoms with E-state index < -0.39 is 27.5 Å². The average Bonchev–Trinajstić information content (AvgIpc) is 2.49. The van der Waals surface area contributed by atoms with Crippen LogP contribution in [0.3, 0.4) is 0 Å². The number of carboxylic acid groups (broad SMARTS) is 1. The SMILES string of the molecule is Cc1ccc2c(c1)C(N(CCCC(C)C(=O)O)S(C)(=O)=O)CC(C)(C)O2. The molecule has 0 saturated carbocycles. The zero-order chi connectivity index (χ0) is 19.7. The van der Waals surface area contributed by atoms with Gasteiger partial charge in [-0.25, -0.2) is 8.42 Å². The fourth-order valence-electron chi connectivity index (χ4n) is 3.42. The van der Waals surface area contributed by atoms with E-state index in [1.807, 2.05) is 39.0 Å². The minimum atomic E-state index is -3.46. The van der Waals surface area contributed by atoms with Crippen LogP contribution in [0, 0.1) is 12.8 Å². The molecule has 1 aromatic rings. The van der Waals surface area contributed by atoms with Crippen molar-refractivity contribution in [2.24, 2.45) is 5.92 Å². The molecule has 1 aliphatic rings. The van der Waals surface area contributed by atoms with E-state index in [1.54, 1.807) is 6.92 Å². The van der Waals surface area contributed by atoms with Crippen LogP contribution in [0.15, 0.2) is 18.2 Å². The normalized spacial score (nSPS) is 20.3. The van der Waals surface area contributed by atoms with Crippen LogP contribution in [-0.4, -0.2) is 42.2 Å². The van der Waals surface area contributed by atoms with E-state index in [0.717, 1.165) is 11.1 Å². The number of sulfonamides is 1. The van der Waals surface area contributed by atoms with Crippen molar-refractivity contribution in [2.45, 2.75) is 58.6 Å². The Hall–Kier alpha value is -1.60. The van der Waals surface area contributed by atoms with Gasteiger partial charge in [0.05, 0.1) is 18.2 Å². The second kappa shape index (κ2) is 7.56. The first-order valence-electron chi connectivity index (χ1n) is 8.90. The first kappa shape index (κ1) is 20.7. The first-order valence-corrected chi connectivity index (χ1v) is 10.7. The lowest BCUT2D eigenvalue weighted by molar-refractivity contribution is -0.141. The smallest absolute Gasteiger partial charge is 0.306 e. The molecule has 0 fully saturated rings. The topological polar surface area (TPSA) is 83.9 Å². The van der Waals surface area contributed by atoms with E-state index in [9.17, 15) is 13.2 Å². The molecular weight excluding hydrogens is 354 g/mol. The summed E-state index contributed by atoms with van der Waals surface area (Å²) in [5, 5.41) is 9.04. The highest BCUT2D eigenvalue weighted by Gasteiger charge is 2.39. The van der Waals surface area contributed by atoms with Crippen LogP contribution in [0.2, 0.25) is 0 Å². The predicted octanol–water partition coefficient (Wildman–Crippen LogP) is 3.36. The van der Waals surface area contributed by atoms with E-state index >= 15 is 0 Å². The molecular formula is C19H29NO5S. The number of aryl methyl sites for hydroxylation is 1. The number of fused-ring (bicyclic) bond motifs is 1. The average molecular weight is 384 g/mol. The van der Waals surface area contributed by atoms with Crippen LogP contribution in [0.4, 0.5) is 0 Å². The molecule has 0 aliphatic carbocycles. The highest BCUT2D eigenvalue weighted by atomic mass is 32.2. The molecule has 2 unspecified atom stereocenters. The first-order chi connectivity index (χ1) is 11.9. The molecule has 1 N–H and O–H groups in total. The third kappa shape index (κ3) is 4.98. The predicted molar refractivity (Wildman–Crippen MR) is 101 cm³/mol. The van der Waals surface area contributed by atoms with E-state index in [1.165, 1.54) is 10.6 Å². The Bertz CT molecular complexity index is 772. The van der Waals surface area contributed by atoms with Gasteiger partial charge < -0.3 is 9.84 Å². The largest absolute Gasteiger partial charge is 0.487 e. The van der Waals surface area contributed by atoms with Gasteiger partial charge in [0.2, 0.25) is 10.0 Å². The minimum absolute atomic E-state index is 0.296. The van der Waals surface area contributed by atoms with Crippen molar-refractivity contribution in [3.63, 3.8) is 0 Å². The van der Waals surface area contributed by atoms with E-state index in [2.05, 4.69) is 0 Å². The Morgan fingerprint density at radius 1 is 1.42 bits per heavy atom. The number of carbonyl (C=O) groups is 1. The molecule has 26 heavy (non-hydrogen) atoms. The van der Waals surface area contributed by atoms with Crippen molar-refractivity contribution in [3.05, 3.63) is 29.3 Å². The Morgan fingerprint density at radius 2 is 2.08 bits per heavy atom. The maximum absolute atomic E-state index is 12.5. The maximum Gasteiger partial charge on any atom is 0.306 e. The van der Waals surface area contributed by atoms with Crippen LogP contribution in [0.5, 0.6) is 5.75 Å². The van der Waals surface area contributed by atoms with Gasteiger partial charge in [-0.15, -0.1) is 0 Å². The lowest BCUT2D eigenvalue weighted by Crippen LogP contribution is -2.44. The standard InChI is InChI=1S/C19H29NO5S/c1-13-8-9-17-15(11-13)16(12-19(3,4)25-17)20(26(5,23)24)10-6-7-14(2)18(21)22/h8-9,11,14,16H,6-7,10,12H2,1-5H3,(H,21,22). The van der Waals surface area contributed by atoms with Crippen molar-refractivity contribution in [1.82, 2.24) is 4.31 Å². The van der Waals surface area contributed by atoms with Gasteiger partial charge in [-0.2, -0.15) is 4.31 Å². The maximum atomic E-state index is 12.5. The second-order valence-electron chi connectivity index (χ2n) is 7.88. The molecule has 7 heteroatoms. The fraction of sp³-hybridized carbons (Fsp3) is 0.632. The molecule has 1 aromatic carbocycles. The van der Waals surface area contributed by atoms with Gasteiger partial charge in [-0.1, -0.05) is 24.6 Å². The molecule has 0 amide bonds. The molecule has 0 saturated heterocycles. The van der Waals surface area contributed by atoms with Crippen molar-refractivity contribution in [2.75, 3.05) is 12.8 Å². The van der Waals surface area contributed by atoms with Crippen molar-refractivity contribution in [3.8, 4) is 5.75 Å². The van der Waals surface area contributed by atoms with Gasteiger partial charge in [0.25, 0.3) is 0 Å². The summed E-state index contributed by atoms with van der Waals surface area (Å²) in [5.41, 5.74) is 1.44. The fourth-order valence-corrected chi connectivity index (χ4v) is 4.53. The number of hydrogen-bond donors (Lipinski definition) is 1. The summed E-state index contributed by atoms with van der Waals surface area (Å²) in [6.45, 7) is 7.82. The van der Waals surface area contributed by atoms with Gasteiger partial charge in [-0.3, -0.25) is 4.79 Å². The summed E-state index contributed by atoms with van der Waals surface area (Å²) in [6, 6.07) is 5.51. The molecule has 0 bridgehead atoms. The third-order valence-corrected chi connectivity index (χ3v) is 6.10. The molecule has 0 spiro atoms. The number of benzene rings is 1. The van der Waals surface area contributed by atoms with E-state index in [0.29, 0.717) is 31.6 Å². The van der Waals surface area contributed by atoms with Crippen molar-refractivity contribution < 1.29 is 23.1 Å². The van der Waals surface area contributed by atoms with Crippen LogP contribution in [0.1, 0.15) is 57.2 Å². The molecule has 1 heterocycles. The second-order valence-corrected chi connectivity index (χ2v) is 9.81. The van der Waals surface area contributed by atoms with Crippen molar-refractivity contribution >= 4 is 16.0 Å². The van der Waals surface area contributed by atoms with E-state index in [4.69, 9.17) is 9.84 Å². The number of rotatable bonds is 7. The lowest BCUT2D eigenvalue weighted by Gasteiger charge is -2.41. The van der Waals surface area contributed by atoms with Crippen LogP contribution < -0.4 is 4.74 Å². The Labute approximate surface area is 156 Å². The van der Waals surface area contributed by atoms with Gasteiger partial charge in [-0.05, 0) is 39.7 Å². The van der Waals surface area contributed by atoms with Gasteiger partial charge in [0.15, 0.2) is 0 Å². The molecule has 0 radical (unpaired) electrons. The highest BCUT2D eigenvalue weighted by Crippen LogP contribution is 2.43. The summed E-state index contributed by atoms with van der Waals surface area (Å²) in [5.74, 6) is -0.634. The zero-order valence-electron chi connectivity index (χ0n) is 16.2. The summed E-state index contributed by atoms with van der Waals surface area (Å²) in [4.78, 5) is 11.0. The molecule has 2 atom stereocenters. The Morgan fingerprint density at radius 3 is 2.65 bits per heavy atom. The van der Waals surface area contributed by atoms with Crippen LogP contribution in [-0.2, 0) is 14.8 Å². The number of aliphatic carboxylic acids is 1.